The Morgan fingerprint density at radius 1 is 0.930 bits per heavy atom. The van der Waals surface area contributed by atoms with Crippen LogP contribution in [0, 0.1) is 45.3 Å². The van der Waals surface area contributed by atoms with Crippen LogP contribution < -0.4 is 5.32 Å². The fraction of sp³-hybridized carbons (Fsp3) is 0.864. The number of aliphatic hydroxyl groups excluding tert-OH is 2. The summed E-state index contributed by atoms with van der Waals surface area (Å²) in [5.41, 5.74) is -2.53. The molecule has 0 aromatic carbocycles. The molecule has 13 atom stereocenters. The Hall–Kier alpha value is -2.58. The minimum Gasteiger partial charge on any atom is -0.467 e. The lowest BCUT2D eigenvalue weighted by molar-refractivity contribution is -0.251. The second-order valence-electron chi connectivity index (χ2n) is 20.6. The van der Waals surface area contributed by atoms with Gasteiger partial charge in [-0.05, 0) is 101 Å². The van der Waals surface area contributed by atoms with Crippen molar-refractivity contribution >= 4 is 23.8 Å². The van der Waals surface area contributed by atoms with Gasteiger partial charge in [0.05, 0.1) is 43.4 Å². The maximum atomic E-state index is 13.7. The number of hydrogen-bond donors (Lipinski definition) is 5. The molecule has 0 bridgehead atoms. The average Bonchev–Trinajstić information content (AvgIpc) is 3.36. The van der Waals surface area contributed by atoms with Gasteiger partial charge in [0.25, 0.3) is 0 Å². The largest absolute Gasteiger partial charge is 0.467 e. The molecule has 324 valence electrons. The topological polar surface area (TPSA) is 198 Å². The minimum atomic E-state index is -1.81. The summed E-state index contributed by atoms with van der Waals surface area (Å²) in [5, 5.41) is 48.2. The lowest BCUT2D eigenvalue weighted by Crippen LogP contribution is -2.63. The molecule has 5 N–H and O–H groups in total. The van der Waals surface area contributed by atoms with Crippen molar-refractivity contribution in [2.45, 2.75) is 188 Å². The van der Waals surface area contributed by atoms with E-state index in [1.165, 1.54) is 32.1 Å². The zero-order valence-electron chi connectivity index (χ0n) is 36.4. The Morgan fingerprint density at radius 2 is 1.58 bits per heavy atom. The zero-order chi connectivity index (χ0) is 42.8. The van der Waals surface area contributed by atoms with E-state index in [1.54, 1.807) is 27.7 Å². The van der Waals surface area contributed by atoms with Crippen molar-refractivity contribution in [3.63, 3.8) is 0 Å². The van der Waals surface area contributed by atoms with Crippen molar-refractivity contribution in [1.82, 2.24) is 5.32 Å². The second kappa shape index (κ2) is 15.8. The van der Waals surface area contributed by atoms with Crippen molar-refractivity contribution in [2.75, 3.05) is 7.11 Å². The molecule has 1 amide bonds. The van der Waals surface area contributed by atoms with Crippen LogP contribution in [0.5, 0.6) is 0 Å². The highest BCUT2D eigenvalue weighted by atomic mass is 16.6. The third kappa shape index (κ3) is 8.18. The van der Waals surface area contributed by atoms with Crippen LogP contribution in [0.25, 0.3) is 0 Å². The number of fused-ring (bicyclic) bond motifs is 4. The lowest BCUT2D eigenvalue weighted by atomic mass is 9.42. The molecular weight excluding hydrogens is 734 g/mol. The maximum Gasteiger partial charge on any atom is 0.328 e. The van der Waals surface area contributed by atoms with Gasteiger partial charge in [-0.15, -0.1) is 0 Å². The predicted molar refractivity (Wildman–Crippen MR) is 210 cm³/mol. The number of amides is 1. The van der Waals surface area contributed by atoms with E-state index in [4.69, 9.17) is 18.9 Å². The fourth-order valence-corrected chi connectivity index (χ4v) is 12.5. The molecule has 1 unspecified atom stereocenters. The summed E-state index contributed by atoms with van der Waals surface area (Å²) < 4.78 is 23.0. The first kappa shape index (κ1) is 45.5. The number of hydrogen-bond acceptors (Lipinski definition) is 12. The molecule has 13 heteroatoms. The highest BCUT2D eigenvalue weighted by Crippen LogP contribution is 2.73. The summed E-state index contributed by atoms with van der Waals surface area (Å²) in [6, 6.07) is -0.920. The molecule has 1 aliphatic heterocycles. The number of carbonyl (C=O) groups excluding carboxylic acids is 4. The van der Waals surface area contributed by atoms with E-state index in [2.05, 4.69) is 26.1 Å². The summed E-state index contributed by atoms with van der Waals surface area (Å²) in [7, 11) is 1.23. The van der Waals surface area contributed by atoms with Crippen LogP contribution in [0.2, 0.25) is 0 Å². The Bertz CT molecular complexity index is 1600. The van der Waals surface area contributed by atoms with Gasteiger partial charge in [-0.1, -0.05) is 59.6 Å². The number of aliphatic hydroxyl groups is 4. The Morgan fingerprint density at radius 3 is 2.14 bits per heavy atom. The van der Waals surface area contributed by atoms with Crippen molar-refractivity contribution in [2.24, 2.45) is 45.3 Å². The molecule has 13 nitrogen and oxygen atoms in total. The van der Waals surface area contributed by atoms with Crippen LogP contribution >= 0.6 is 0 Å². The summed E-state index contributed by atoms with van der Waals surface area (Å²) in [5.74, 6) is -2.94. The van der Waals surface area contributed by atoms with E-state index in [0.29, 0.717) is 25.7 Å². The number of carbonyl (C=O) groups is 4. The average molecular weight is 806 g/mol. The zero-order valence-corrected chi connectivity index (χ0v) is 36.4. The number of rotatable bonds is 11. The molecule has 1 heterocycles. The van der Waals surface area contributed by atoms with Crippen molar-refractivity contribution in [3.05, 3.63) is 11.1 Å². The molecule has 3 fully saturated rings. The molecule has 0 spiro atoms. The first-order chi connectivity index (χ1) is 26.1. The van der Waals surface area contributed by atoms with E-state index in [-0.39, 0.29) is 29.1 Å². The second-order valence-corrected chi connectivity index (χ2v) is 20.6. The van der Waals surface area contributed by atoms with Gasteiger partial charge in [-0.3, -0.25) is 14.4 Å². The quantitative estimate of drug-likeness (QED) is 0.108. The number of esters is 3. The minimum absolute atomic E-state index is 0.00807. The van der Waals surface area contributed by atoms with Gasteiger partial charge in [0.2, 0.25) is 5.91 Å². The number of allylic oxidation sites excluding steroid dienone is 1. The molecule has 0 aromatic heterocycles. The Balaban J connectivity index is 1.41. The van der Waals surface area contributed by atoms with Crippen molar-refractivity contribution in [3.8, 4) is 0 Å². The monoisotopic (exact) mass is 805 g/mol. The third-order valence-electron chi connectivity index (χ3n) is 15.6. The number of nitrogens with one attached hydrogen (secondary N) is 1. The van der Waals surface area contributed by atoms with Crippen LogP contribution in [0.3, 0.4) is 0 Å². The van der Waals surface area contributed by atoms with Crippen LogP contribution in [-0.2, 0) is 38.1 Å². The van der Waals surface area contributed by atoms with Gasteiger partial charge < -0.3 is 44.7 Å². The van der Waals surface area contributed by atoms with Gasteiger partial charge in [0.15, 0.2) is 6.29 Å². The molecule has 2 saturated carbocycles. The molecule has 5 rings (SSSR count). The number of methoxy groups -OCH3 is 1. The summed E-state index contributed by atoms with van der Waals surface area (Å²) in [4.78, 5) is 51.5. The van der Waals surface area contributed by atoms with Gasteiger partial charge >= 0.3 is 17.9 Å². The first-order valence-electron chi connectivity index (χ1n) is 21.1. The van der Waals surface area contributed by atoms with Gasteiger partial charge in [-0.25, -0.2) is 4.79 Å². The van der Waals surface area contributed by atoms with Gasteiger partial charge in [-0.2, -0.15) is 0 Å². The highest BCUT2D eigenvalue weighted by Gasteiger charge is 2.68. The Kier molecular flexibility index (Phi) is 12.6. The van der Waals surface area contributed by atoms with Crippen LogP contribution in [0.4, 0.5) is 0 Å². The lowest BCUT2D eigenvalue weighted by Gasteiger charge is -2.64. The van der Waals surface area contributed by atoms with E-state index in [1.807, 2.05) is 13.8 Å². The van der Waals surface area contributed by atoms with Crippen LogP contribution in [-0.4, -0.2) is 99.3 Å². The molecule has 0 aromatic rings. The molecule has 1 saturated heterocycles. The van der Waals surface area contributed by atoms with E-state index < -0.39 is 101 Å². The summed E-state index contributed by atoms with van der Waals surface area (Å²) in [6.45, 7) is 20.3. The smallest absolute Gasteiger partial charge is 0.328 e. The molecule has 4 aliphatic carbocycles. The normalized spacial score (nSPS) is 39.2. The van der Waals surface area contributed by atoms with E-state index in [0.717, 1.165) is 25.7 Å². The molecule has 57 heavy (non-hydrogen) atoms. The summed E-state index contributed by atoms with van der Waals surface area (Å²) >= 11 is 0. The van der Waals surface area contributed by atoms with Crippen molar-refractivity contribution < 1.29 is 58.6 Å². The molecule has 5 aliphatic rings. The number of ether oxygens (including phenoxy) is 4. The fourth-order valence-electron chi connectivity index (χ4n) is 12.5. The predicted octanol–water partition coefficient (Wildman–Crippen LogP) is 4.89. The van der Waals surface area contributed by atoms with E-state index >= 15 is 0 Å². The maximum absolute atomic E-state index is 13.7. The summed E-state index contributed by atoms with van der Waals surface area (Å²) in [6.07, 6.45) is 0.419. The van der Waals surface area contributed by atoms with Gasteiger partial charge in [0.1, 0.15) is 18.2 Å². The van der Waals surface area contributed by atoms with E-state index in [9.17, 15) is 39.6 Å². The molecule has 0 radical (unpaired) electrons. The van der Waals surface area contributed by atoms with Gasteiger partial charge in [0, 0.05) is 23.7 Å². The van der Waals surface area contributed by atoms with Crippen molar-refractivity contribution in [1.29, 1.82) is 0 Å². The Labute approximate surface area is 339 Å². The highest BCUT2D eigenvalue weighted by molar-refractivity contribution is 5.85. The molecular formula is C44H71NO12. The van der Waals surface area contributed by atoms with Crippen LogP contribution in [0.1, 0.15) is 140 Å². The SMILES string of the molecule is COC(=O)[C@@H](NC(=O)C[C@](C)(O)CC(=O)O[C@@H]1C[C@]2(C)C3=C(CC[C@H]2C(C)(C)[C@H]1OC(C)=O)[C@]1(C)CC[C@H]([C@H]2CC[C@@H](C(C)(C)O)OC2O)[C@@]1(C)[C@@H](O)C3)C(C)C. The van der Waals surface area contributed by atoms with Crippen LogP contribution in [0.15, 0.2) is 11.1 Å². The standard InChI is InChI=1S/C44H71NO12/c1-23(2)35(38(51)54-12)45-33(48)21-41(8,53)22-34(49)56-29-20-42(9)28-19-31(47)44(11)26(25-13-16-32(40(6,7)52)57-37(25)50)17-18-43(44,10)27(28)14-15-30(42)39(4,5)36(29)55-24(3)46/h23,25-26,29-32,35-37,47,50,52-53H,13-22H2,1-12H3,(H,45,48)/t25-,26-,29-,30+,31+,32+,35+,36+,37?,41+,42-,43+,44+/m1/s1. The first-order valence-corrected chi connectivity index (χ1v) is 21.1. The third-order valence-corrected chi connectivity index (χ3v) is 15.6.